The van der Waals surface area contributed by atoms with Crippen molar-refractivity contribution in [2.24, 2.45) is 0 Å². The molecule has 0 spiro atoms. The van der Waals surface area contributed by atoms with Crippen molar-refractivity contribution >= 4 is 26.8 Å². The van der Waals surface area contributed by atoms with Crippen molar-refractivity contribution in [1.29, 1.82) is 0 Å². The molecule has 0 bridgehead atoms. The Kier molecular flexibility index (Phi) is 3.76. The number of rotatable bonds is 3. The van der Waals surface area contributed by atoms with Gasteiger partial charge < -0.3 is 5.32 Å². The molecule has 2 heterocycles. The summed E-state index contributed by atoms with van der Waals surface area (Å²) >= 11 is 3.41. The normalized spacial score (nSPS) is 12.5. The lowest BCUT2D eigenvalue weighted by atomic mass is 10.0. The smallest absolute Gasteiger partial charge is 0.0749 e. The molecule has 20 heavy (non-hydrogen) atoms. The maximum Gasteiger partial charge on any atom is 0.0749 e. The van der Waals surface area contributed by atoms with Crippen molar-refractivity contribution in [3.8, 4) is 0 Å². The molecule has 0 saturated carbocycles. The molecule has 0 fully saturated rings. The highest BCUT2D eigenvalue weighted by molar-refractivity contribution is 9.10. The molecule has 1 atom stereocenters. The van der Waals surface area contributed by atoms with Gasteiger partial charge in [-0.15, -0.1) is 0 Å². The Morgan fingerprint density at radius 3 is 2.75 bits per heavy atom. The van der Waals surface area contributed by atoms with Crippen LogP contribution in [-0.4, -0.2) is 17.0 Å². The predicted molar refractivity (Wildman–Crippen MR) is 84.6 cm³/mol. The van der Waals surface area contributed by atoms with Crippen LogP contribution in [0.2, 0.25) is 0 Å². The van der Waals surface area contributed by atoms with E-state index >= 15 is 0 Å². The first-order valence-electron chi connectivity index (χ1n) is 6.41. The van der Waals surface area contributed by atoms with E-state index in [1.807, 2.05) is 43.7 Å². The molecule has 0 aliphatic rings. The van der Waals surface area contributed by atoms with Crippen LogP contribution in [0.5, 0.6) is 0 Å². The highest BCUT2D eigenvalue weighted by atomic mass is 79.9. The zero-order chi connectivity index (χ0) is 13.9. The molecule has 0 radical (unpaired) electrons. The molecule has 3 nitrogen and oxygen atoms in total. The number of nitrogens with one attached hydrogen (secondary N) is 1. The summed E-state index contributed by atoms with van der Waals surface area (Å²) in [6.07, 6.45) is 3.64. The summed E-state index contributed by atoms with van der Waals surface area (Å²) in [5.74, 6) is 0. The third-order valence-corrected chi connectivity index (χ3v) is 3.76. The van der Waals surface area contributed by atoms with Gasteiger partial charge in [0, 0.05) is 22.3 Å². The second-order valence-corrected chi connectivity index (χ2v) is 5.49. The molecule has 3 aromatic rings. The largest absolute Gasteiger partial charge is 0.308 e. The summed E-state index contributed by atoms with van der Waals surface area (Å²) in [6, 6.07) is 14.5. The Morgan fingerprint density at radius 1 is 1.10 bits per heavy atom. The van der Waals surface area contributed by atoms with E-state index in [0.717, 1.165) is 21.1 Å². The molecule has 1 unspecified atom stereocenters. The molecule has 0 aliphatic carbocycles. The number of pyridine rings is 2. The Hall–Kier alpha value is -1.78. The molecule has 1 aromatic carbocycles. The summed E-state index contributed by atoms with van der Waals surface area (Å²) in [5, 5.41) is 4.46. The summed E-state index contributed by atoms with van der Waals surface area (Å²) in [4.78, 5) is 8.83. The Morgan fingerprint density at radius 2 is 2.00 bits per heavy atom. The van der Waals surface area contributed by atoms with Crippen LogP contribution in [-0.2, 0) is 0 Å². The summed E-state index contributed by atoms with van der Waals surface area (Å²) in [5.41, 5.74) is 3.19. The minimum Gasteiger partial charge on any atom is -0.308 e. The van der Waals surface area contributed by atoms with Crippen LogP contribution < -0.4 is 5.32 Å². The van der Waals surface area contributed by atoms with Gasteiger partial charge >= 0.3 is 0 Å². The fraction of sp³-hybridized carbons (Fsp3) is 0.125. The highest BCUT2D eigenvalue weighted by Gasteiger charge is 2.13. The Bertz CT molecular complexity index is 725. The van der Waals surface area contributed by atoms with E-state index in [4.69, 9.17) is 0 Å². The van der Waals surface area contributed by atoms with E-state index in [2.05, 4.69) is 49.4 Å². The van der Waals surface area contributed by atoms with Gasteiger partial charge in [-0.05, 0) is 58.9 Å². The molecule has 3 rings (SSSR count). The lowest BCUT2D eigenvalue weighted by Crippen LogP contribution is -2.18. The van der Waals surface area contributed by atoms with E-state index in [1.54, 1.807) is 0 Å². The van der Waals surface area contributed by atoms with Gasteiger partial charge in [0.05, 0.1) is 17.3 Å². The van der Waals surface area contributed by atoms with Crippen LogP contribution >= 0.6 is 15.9 Å². The number of benzene rings is 1. The molecule has 0 saturated heterocycles. The molecule has 0 amide bonds. The first-order chi connectivity index (χ1) is 9.78. The average molecular weight is 328 g/mol. The van der Waals surface area contributed by atoms with Gasteiger partial charge in [-0.2, -0.15) is 0 Å². The molecule has 0 aliphatic heterocycles. The quantitative estimate of drug-likeness (QED) is 0.797. The number of fused-ring (bicyclic) bond motifs is 1. The van der Waals surface area contributed by atoms with Gasteiger partial charge in [0.25, 0.3) is 0 Å². The average Bonchev–Trinajstić information content (AvgIpc) is 2.50. The van der Waals surface area contributed by atoms with Gasteiger partial charge in [-0.3, -0.25) is 9.97 Å². The van der Waals surface area contributed by atoms with Crippen molar-refractivity contribution < 1.29 is 0 Å². The standard InChI is InChI=1S/C16H14BrN3/c1-18-16(15-7-5-13(17)10-20-15)12-4-6-14-11(9-12)3-2-8-19-14/h2-10,16,18H,1H3. The maximum absolute atomic E-state index is 4.48. The minimum atomic E-state index is 0.0766. The molecule has 2 aromatic heterocycles. The zero-order valence-corrected chi connectivity index (χ0v) is 12.6. The molecule has 1 N–H and O–H groups in total. The Labute approximate surface area is 126 Å². The zero-order valence-electron chi connectivity index (χ0n) is 11.0. The van der Waals surface area contributed by atoms with Crippen LogP contribution in [0.15, 0.2) is 59.3 Å². The van der Waals surface area contributed by atoms with Gasteiger partial charge in [-0.1, -0.05) is 12.1 Å². The first kappa shape index (κ1) is 13.2. The molecule has 100 valence electrons. The second kappa shape index (κ2) is 5.69. The first-order valence-corrected chi connectivity index (χ1v) is 7.20. The molecule has 4 heteroatoms. The van der Waals surface area contributed by atoms with Crippen molar-refractivity contribution in [3.63, 3.8) is 0 Å². The highest BCUT2D eigenvalue weighted by Crippen LogP contribution is 2.24. The van der Waals surface area contributed by atoms with Crippen LogP contribution in [0.3, 0.4) is 0 Å². The molecular formula is C16H14BrN3. The van der Waals surface area contributed by atoms with E-state index in [-0.39, 0.29) is 6.04 Å². The number of halogens is 1. The Balaban J connectivity index is 2.04. The van der Waals surface area contributed by atoms with E-state index < -0.39 is 0 Å². The van der Waals surface area contributed by atoms with E-state index in [0.29, 0.717) is 0 Å². The fourth-order valence-electron chi connectivity index (χ4n) is 2.32. The van der Waals surface area contributed by atoms with Crippen LogP contribution in [0.1, 0.15) is 17.3 Å². The summed E-state index contributed by atoms with van der Waals surface area (Å²) in [7, 11) is 1.95. The lowest BCUT2D eigenvalue weighted by molar-refractivity contribution is 0.671. The number of hydrogen-bond donors (Lipinski definition) is 1. The fourth-order valence-corrected chi connectivity index (χ4v) is 2.55. The van der Waals surface area contributed by atoms with Crippen molar-refractivity contribution in [1.82, 2.24) is 15.3 Å². The van der Waals surface area contributed by atoms with Crippen LogP contribution in [0, 0.1) is 0 Å². The predicted octanol–water partition coefficient (Wildman–Crippen LogP) is 3.70. The van der Waals surface area contributed by atoms with E-state index in [1.165, 1.54) is 5.56 Å². The van der Waals surface area contributed by atoms with Crippen molar-refractivity contribution in [2.45, 2.75) is 6.04 Å². The van der Waals surface area contributed by atoms with Crippen LogP contribution in [0.4, 0.5) is 0 Å². The topological polar surface area (TPSA) is 37.8 Å². The number of aromatic nitrogens is 2. The number of nitrogens with zero attached hydrogens (tertiary/aromatic N) is 2. The van der Waals surface area contributed by atoms with Crippen molar-refractivity contribution in [2.75, 3.05) is 7.05 Å². The maximum atomic E-state index is 4.48. The minimum absolute atomic E-state index is 0.0766. The number of hydrogen-bond acceptors (Lipinski definition) is 3. The van der Waals surface area contributed by atoms with E-state index in [9.17, 15) is 0 Å². The summed E-state index contributed by atoms with van der Waals surface area (Å²) < 4.78 is 0.985. The third-order valence-electron chi connectivity index (χ3n) is 3.30. The molecular weight excluding hydrogens is 314 g/mol. The third kappa shape index (κ3) is 2.57. The second-order valence-electron chi connectivity index (χ2n) is 4.58. The summed E-state index contributed by atoms with van der Waals surface area (Å²) in [6.45, 7) is 0. The van der Waals surface area contributed by atoms with Crippen molar-refractivity contribution in [3.05, 3.63) is 70.6 Å². The van der Waals surface area contributed by atoms with Gasteiger partial charge in [0.15, 0.2) is 0 Å². The van der Waals surface area contributed by atoms with Gasteiger partial charge in [-0.25, -0.2) is 0 Å². The SMILES string of the molecule is CNC(c1ccc2ncccc2c1)c1ccc(Br)cn1. The lowest BCUT2D eigenvalue weighted by Gasteiger charge is -2.16. The monoisotopic (exact) mass is 327 g/mol. The van der Waals surface area contributed by atoms with Crippen LogP contribution in [0.25, 0.3) is 10.9 Å². The van der Waals surface area contributed by atoms with Gasteiger partial charge in [0.1, 0.15) is 0 Å². The van der Waals surface area contributed by atoms with Gasteiger partial charge in [0.2, 0.25) is 0 Å².